The van der Waals surface area contributed by atoms with Gasteiger partial charge in [0, 0.05) is 25.4 Å². The summed E-state index contributed by atoms with van der Waals surface area (Å²) in [5, 5.41) is 3.92. The maximum atomic E-state index is 13.8. The number of rotatable bonds is 11. The van der Waals surface area contributed by atoms with Gasteiger partial charge in [-0.3, -0.25) is 9.59 Å². The number of aryl methyl sites for hydroxylation is 1. The van der Waals surface area contributed by atoms with Crippen LogP contribution >= 0.6 is 23.2 Å². The molecule has 3 aromatic rings. The predicted molar refractivity (Wildman–Crippen MR) is 150 cm³/mol. The lowest BCUT2D eigenvalue weighted by atomic mass is 10.0. The van der Waals surface area contributed by atoms with Gasteiger partial charge in [0.15, 0.2) is 11.5 Å². The molecule has 38 heavy (non-hydrogen) atoms. The first-order valence-electron chi connectivity index (χ1n) is 12.8. The van der Waals surface area contributed by atoms with Crippen LogP contribution in [0.25, 0.3) is 0 Å². The Morgan fingerprint density at radius 1 is 0.921 bits per heavy atom. The first-order chi connectivity index (χ1) is 18.3. The molecule has 1 aliphatic heterocycles. The number of amides is 2. The predicted octanol–water partition coefficient (Wildman–Crippen LogP) is 6.21. The molecule has 6 nitrogen and oxygen atoms in total. The lowest BCUT2D eigenvalue weighted by Crippen LogP contribution is -2.52. The normalized spacial score (nSPS) is 13.6. The second kappa shape index (κ2) is 13.0. The van der Waals surface area contributed by atoms with Crippen molar-refractivity contribution < 1.29 is 19.1 Å². The molecule has 0 saturated carbocycles. The van der Waals surface area contributed by atoms with E-state index in [0.29, 0.717) is 34.4 Å². The van der Waals surface area contributed by atoms with E-state index in [1.54, 1.807) is 17.0 Å². The number of carbonyl (C=O) groups excluding carboxylic acids is 2. The maximum absolute atomic E-state index is 13.8. The Morgan fingerprint density at radius 3 is 2.39 bits per heavy atom. The summed E-state index contributed by atoms with van der Waals surface area (Å²) in [5.74, 6) is 1.07. The highest BCUT2D eigenvalue weighted by atomic mass is 35.5. The van der Waals surface area contributed by atoms with E-state index in [2.05, 4.69) is 5.32 Å². The molecule has 2 atom stereocenters. The van der Waals surface area contributed by atoms with Crippen LogP contribution in [0.4, 0.5) is 0 Å². The number of hydrogen-bond donors (Lipinski definition) is 1. The zero-order valence-corrected chi connectivity index (χ0v) is 23.1. The third kappa shape index (κ3) is 7.21. The van der Waals surface area contributed by atoms with Crippen LogP contribution in [0.2, 0.25) is 10.0 Å². The van der Waals surface area contributed by atoms with Crippen molar-refractivity contribution in [1.29, 1.82) is 0 Å². The van der Waals surface area contributed by atoms with Crippen molar-refractivity contribution in [2.24, 2.45) is 0 Å². The summed E-state index contributed by atoms with van der Waals surface area (Å²) < 4.78 is 10.9. The monoisotopic (exact) mass is 554 g/mol. The van der Waals surface area contributed by atoms with Gasteiger partial charge in [0.2, 0.25) is 18.6 Å². The summed E-state index contributed by atoms with van der Waals surface area (Å²) in [4.78, 5) is 29.1. The smallest absolute Gasteiger partial charge is 0.243 e. The molecule has 200 valence electrons. The van der Waals surface area contributed by atoms with E-state index in [9.17, 15) is 9.59 Å². The molecule has 0 saturated heterocycles. The molecular weight excluding hydrogens is 523 g/mol. The average molecular weight is 556 g/mol. The zero-order chi connectivity index (χ0) is 27.1. The molecule has 0 spiro atoms. The summed E-state index contributed by atoms with van der Waals surface area (Å²) in [7, 11) is 0. The van der Waals surface area contributed by atoms with Crippen molar-refractivity contribution in [2.75, 3.05) is 6.79 Å². The molecule has 1 heterocycles. The van der Waals surface area contributed by atoms with Gasteiger partial charge in [-0.05, 0) is 60.7 Å². The number of ether oxygens (including phenoxy) is 2. The fourth-order valence-corrected chi connectivity index (χ4v) is 4.64. The van der Waals surface area contributed by atoms with Crippen LogP contribution in [-0.2, 0) is 29.0 Å². The first kappa shape index (κ1) is 27.8. The Labute approximate surface area is 233 Å². The molecule has 0 radical (unpaired) electrons. The quantitative estimate of drug-likeness (QED) is 0.306. The van der Waals surface area contributed by atoms with Crippen LogP contribution < -0.4 is 14.8 Å². The van der Waals surface area contributed by atoms with Gasteiger partial charge in [0.25, 0.3) is 0 Å². The first-order valence-corrected chi connectivity index (χ1v) is 13.6. The minimum absolute atomic E-state index is 0.0173. The Bertz CT molecular complexity index is 1270. The number of fused-ring (bicyclic) bond motifs is 1. The largest absolute Gasteiger partial charge is 0.454 e. The molecule has 1 aliphatic rings. The number of carbonyl (C=O) groups is 2. The van der Waals surface area contributed by atoms with E-state index in [-0.39, 0.29) is 37.6 Å². The maximum Gasteiger partial charge on any atom is 0.243 e. The summed E-state index contributed by atoms with van der Waals surface area (Å²) in [6.45, 7) is 4.40. The van der Waals surface area contributed by atoms with Crippen molar-refractivity contribution in [3.8, 4) is 11.5 Å². The second-order valence-electron chi connectivity index (χ2n) is 9.48. The minimum atomic E-state index is -0.704. The Balaban J connectivity index is 1.62. The van der Waals surface area contributed by atoms with Crippen LogP contribution in [0, 0.1) is 0 Å². The van der Waals surface area contributed by atoms with Gasteiger partial charge in [-0.25, -0.2) is 0 Å². The van der Waals surface area contributed by atoms with Crippen LogP contribution in [0.1, 0.15) is 43.4 Å². The van der Waals surface area contributed by atoms with Gasteiger partial charge in [-0.15, -0.1) is 0 Å². The number of benzene rings is 3. The minimum Gasteiger partial charge on any atom is -0.454 e. The Hall–Kier alpha value is -3.22. The van der Waals surface area contributed by atoms with Crippen LogP contribution in [0.3, 0.4) is 0 Å². The van der Waals surface area contributed by atoms with E-state index in [1.807, 2.05) is 68.4 Å². The molecule has 8 heteroatoms. The van der Waals surface area contributed by atoms with Gasteiger partial charge in [-0.2, -0.15) is 0 Å². The van der Waals surface area contributed by atoms with Crippen LogP contribution in [0.5, 0.6) is 11.5 Å². The van der Waals surface area contributed by atoms with E-state index in [4.69, 9.17) is 32.7 Å². The third-order valence-corrected chi connectivity index (χ3v) is 7.41. The van der Waals surface area contributed by atoms with Gasteiger partial charge in [0.05, 0.1) is 10.0 Å². The van der Waals surface area contributed by atoms with E-state index < -0.39 is 6.04 Å². The number of hydrogen-bond acceptors (Lipinski definition) is 4. The van der Waals surface area contributed by atoms with Crippen molar-refractivity contribution in [3.05, 3.63) is 93.5 Å². The standard InChI is InChI=1S/C30H32Cl2N2O4/c1-3-20(2)33-30(36)26(16-21-7-5-4-6-8-21)34(18-23-9-12-24(31)25(32)15-23)29(35)14-11-22-10-13-27-28(17-22)38-19-37-27/h4-10,12-13,15,17,20,26H,3,11,14,16,18-19H2,1-2H3,(H,33,36)/t20-,26-/m0/s1. The van der Waals surface area contributed by atoms with Crippen molar-refractivity contribution >= 4 is 35.0 Å². The van der Waals surface area contributed by atoms with E-state index in [1.165, 1.54) is 0 Å². The fourth-order valence-electron chi connectivity index (χ4n) is 4.32. The third-order valence-electron chi connectivity index (χ3n) is 6.67. The van der Waals surface area contributed by atoms with E-state index >= 15 is 0 Å². The lowest BCUT2D eigenvalue weighted by molar-refractivity contribution is -0.141. The van der Waals surface area contributed by atoms with Gasteiger partial charge >= 0.3 is 0 Å². The van der Waals surface area contributed by atoms with Crippen molar-refractivity contribution in [3.63, 3.8) is 0 Å². The molecule has 2 amide bonds. The highest BCUT2D eigenvalue weighted by molar-refractivity contribution is 6.42. The highest BCUT2D eigenvalue weighted by Crippen LogP contribution is 2.33. The second-order valence-corrected chi connectivity index (χ2v) is 10.3. The fraction of sp³-hybridized carbons (Fsp3) is 0.333. The number of nitrogens with one attached hydrogen (secondary N) is 1. The summed E-state index contributed by atoms with van der Waals surface area (Å²) in [6.07, 6.45) is 1.90. The SMILES string of the molecule is CC[C@H](C)NC(=O)[C@H](Cc1ccccc1)N(Cc1ccc(Cl)c(Cl)c1)C(=O)CCc1ccc2c(c1)OCO2. The van der Waals surface area contributed by atoms with Gasteiger partial charge in [0.1, 0.15) is 6.04 Å². The number of nitrogens with zero attached hydrogens (tertiary/aromatic N) is 1. The van der Waals surface area contributed by atoms with Crippen molar-refractivity contribution in [2.45, 2.75) is 58.2 Å². The highest BCUT2D eigenvalue weighted by Gasteiger charge is 2.31. The summed E-state index contributed by atoms with van der Waals surface area (Å²) >= 11 is 12.4. The molecule has 4 rings (SSSR count). The van der Waals surface area contributed by atoms with Gasteiger partial charge in [-0.1, -0.05) is 72.6 Å². The van der Waals surface area contributed by atoms with Crippen molar-refractivity contribution in [1.82, 2.24) is 10.2 Å². The van der Waals surface area contributed by atoms with Crippen LogP contribution in [-0.4, -0.2) is 35.6 Å². The van der Waals surface area contributed by atoms with Gasteiger partial charge < -0.3 is 19.7 Å². The average Bonchev–Trinajstić information content (AvgIpc) is 3.39. The van der Waals surface area contributed by atoms with E-state index in [0.717, 1.165) is 23.1 Å². The zero-order valence-electron chi connectivity index (χ0n) is 21.6. The molecule has 0 unspecified atom stereocenters. The molecule has 0 aliphatic carbocycles. The summed E-state index contributed by atoms with van der Waals surface area (Å²) in [6, 6.07) is 20.0. The molecule has 0 aromatic heterocycles. The topological polar surface area (TPSA) is 67.9 Å². The van der Waals surface area contributed by atoms with Crippen LogP contribution in [0.15, 0.2) is 66.7 Å². The lowest BCUT2D eigenvalue weighted by Gasteiger charge is -2.32. The molecule has 0 bridgehead atoms. The molecule has 1 N–H and O–H groups in total. The summed E-state index contributed by atoms with van der Waals surface area (Å²) in [5.41, 5.74) is 2.73. The Kier molecular flexibility index (Phi) is 9.53. The molecule has 0 fully saturated rings. The number of halogens is 2. The Morgan fingerprint density at radius 2 is 1.66 bits per heavy atom. The molecule has 3 aromatic carbocycles. The molecular formula is C30H32Cl2N2O4.